The Labute approximate surface area is 156 Å². The van der Waals surface area contributed by atoms with Crippen LogP contribution in [-0.2, 0) is 9.59 Å². The van der Waals surface area contributed by atoms with Gasteiger partial charge in [-0.15, -0.1) is 0 Å². The average Bonchev–Trinajstić information content (AvgIpc) is 3.01. The summed E-state index contributed by atoms with van der Waals surface area (Å²) in [6, 6.07) is 6.47. The predicted octanol–water partition coefficient (Wildman–Crippen LogP) is 0.647. The van der Waals surface area contributed by atoms with E-state index in [1.165, 1.54) is 42.6 Å². The highest BCUT2D eigenvalue weighted by Crippen LogP contribution is 2.31. The van der Waals surface area contributed by atoms with Gasteiger partial charge in [-0.25, -0.2) is 19.0 Å². The Morgan fingerprint density at radius 1 is 1.00 bits per heavy atom. The number of carbonyl (C=O) groups excluding carboxylic acids is 4. The molecule has 2 aliphatic rings. The second-order valence-corrected chi connectivity index (χ2v) is 6.00. The maximum absolute atomic E-state index is 12.9. The minimum Gasteiger partial charge on any atom is -0.439 e. The third-order valence-electron chi connectivity index (χ3n) is 4.30. The number of benzene rings is 1. The molecule has 142 valence electrons. The molecule has 10 nitrogen and oxygen atoms in total. The number of rotatable bonds is 3. The molecular weight excluding hydrogens is 373 g/mol. The van der Waals surface area contributed by atoms with Gasteiger partial charge in [0.25, 0.3) is 11.8 Å². The Hall–Kier alpha value is -4.02. The van der Waals surface area contributed by atoms with Crippen molar-refractivity contribution in [1.82, 2.24) is 20.9 Å². The van der Waals surface area contributed by atoms with Crippen LogP contribution in [0.15, 0.2) is 42.6 Å². The molecule has 3 heterocycles. The van der Waals surface area contributed by atoms with E-state index in [1.807, 2.05) is 10.6 Å². The second-order valence-electron chi connectivity index (χ2n) is 6.00. The summed E-state index contributed by atoms with van der Waals surface area (Å²) in [5, 5.41) is 6.41. The number of hydrogen-bond acceptors (Lipinski definition) is 6. The molecule has 0 radical (unpaired) electrons. The first-order valence-corrected chi connectivity index (χ1v) is 8.04. The fourth-order valence-electron chi connectivity index (χ4n) is 2.97. The second kappa shape index (κ2) is 6.30. The van der Waals surface area contributed by atoms with Gasteiger partial charge < -0.3 is 10.1 Å². The van der Waals surface area contributed by atoms with Crippen LogP contribution in [0.25, 0.3) is 0 Å². The smallest absolute Gasteiger partial charge is 0.328 e. The molecule has 2 aliphatic heterocycles. The van der Waals surface area contributed by atoms with Crippen molar-refractivity contribution < 1.29 is 28.3 Å². The number of hydrogen-bond donors (Lipinski definition) is 3. The standard InChI is InChI=1S/C17H12FN5O5/c18-9-1-4-11(5-2-9)28-12-6-3-10(7-19-12)23-16(27)20-8-17(23)13(24)21-15(26)22-14(17)25/h1-7H,8H2,(H,20,27)(H2,21,22,24,25,26). The van der Waals surface area contributed by atoms with Gasteiger partial charge in [-0.3, -0.25) is 25.1 Å². The number of halogens is 1. The van der Waals surface area contributed by atoms with Gasteiger partial charge in [-0.05, 0) is 30.3 Å². The number of nitrogens with one attached hydrogen (secondary N) is 3. The van der Waals surface area contributed by atoms with Crippen LogP contribution in [0.4, 0.5) is 19.7 Å². The number of amides is 6. The summed E-state index contributed by atoms with van der Waals surface area (Å²) >= 11 is 0. The molecule has 28 heavy (non-hydrogen) atoms. The SMILES string of the molecule is O=C1NC(=O)C2(CNC(=O)N2c2ccc(Oc3ccc(F)cc3)nc2)C(=O)N1. The summed E-state index contributed by atoms with van der Waals surface area (Å²) in [5.74, 6) is -1.76. The lowest BCUT2D eigenvalue weighted by molar-refractivity contribution is -0.136. The fraction of sp³-hybridized carbons (Fsp3) is 0.118. The molecular formula is C17H12FN5O5. The number of anilines is 1. The van der Waals surface area contributed by atoms with Gasteiger partial charge in [0.15, 0.2) is 0 Å². The lowest BCUT2D eigenvalue weighted by Crippen LogP contribution is -2.73. The maximum atomic E-state index is 12.9. The van der Waals surface area contributed by atoms with E-state index < -0.39 is 35.2 Å². The summed E-state index contributed by atoms with van der Waals surface area (Å²) in [7, 11) is 0. The van der Waals surface area contributed by atoms with Crippen LogP contribution in [0.5, 0.6) is 11.6 Å². The summed E-state index contributed by atoms with van der Waals surface area (Å²) in [6.45, 7) is -0.315. The predicted molar refractivity (Wildman–Crippen MR) is 91.0 cm³/mol. The van der Waals surface area contributed by atoms with Crippen LogP contribution < -0.4 is 25.6 Å². The summed E-state index contributed by atoms with van der Waals surface area (Å²) in [5.41, 5.74) is -1.81. The molecule has 1 aromatic carbocycles. The van der Waals surface area contributed by atoms with E-state index in [4.69, 9.17) is 4.74 Å². The first kappa shape index (κ1) is 17.4. The third-order valence-corrected chi connectivity index (χ3v) is 4.30. The Bertz CT molecular complexity index is 972. The summed E-state index contributed by atoms with van der Waals surface area (Å²) < 4.78 is 18.4. The van der Waals surface area contributed by atoms with Crippen LogP contribution in [0, 0.1) is 5.82 Å². The molecule has 0 bridgehead atoms. The number of carbonyl (C=O) groups is 4. The molecule has 0 saturated carbocycles. The molecule has 2 fully saturated rings. The summed E-state index contributed by atoms with van der Waals surface area (Å²) in [4.78, 5) is 53.4. The largest absolute Gasteiger partial charge is 0.439 e. The van der Waals surface area contributed by atoms with Crippen LogP contribution in [0.2, 0.25) is 0 Å². The molecule has 2 saturated heterocycles. The average molecular weight is 385 g/mol. The Morgan fingerprint density at radius 3 is 2.29 bits per heavy atom. The maximum Gasteiger partial charge on any atom is 0.328 e. The van der Waals surface area contributed by atoms with Gasteiger partial charge in [0.05, 0.1) is 18.4 Å². The van der Waals surface area contributed by atoms with E-state index in [0.717, 1.165) is 4.90 Å². The fourth-order valence-corrected chi connectivity index (χ4v) is 2.97. The topological polar surface area (TPSA) is 130 Å². The highest BCUT2D eigenvalue weighted by atomic mass is 19.1. The van der Waals surface area contributed by atoms with Crippen molar-refractivity contribution in [2.24, 2.45) is 0 Å². The van der Waals surface area contributed by atoms with Gasteiger partial charge in [0, 0.05) is 6.07 Å². The highest BCUT2D eigenvalue weighted by molar-refractivity contribution is 6.28. The van der Waals surface area contributed by atoms with E-state index in [1.54, 1.807) is 0 Å². The number of aromatic nitrogens is 1. The van der Waals surface area contributed by atoms with Crippen LogP contribution >= 0.6 is 0 Å². The number of barbiturate groups is 1. The Balaban J connectivity index is 1.63. The molecule has 0 unspecified atom stereocenters. The molecule has 11 heteroatoms. The van der Waals surface area contributed by atoms with Crippen LogP contribution in [0.3, 0.4) is 0 Å². The minimum atomic E-state index is -1.95. The lowest BCUT2D eigenvalue weighted by Gasteiger charge is -2.35. The highest BCUT2D eigenvalue weighted by Gasteiger charge is 2.60. The number of ether oxygens (including phenoxy) is 1. The normalized spacial score (nSPS) is 18.0. The number of imide groups is 2. The molecule has 1 aromatic heterocycles. The number of urea groups is 2. The Morgan fingerprint density at radius 2 is 1.68 bits per heavy atom. The third kappa shape index (κ3) is 2.69. The van der Waals surface area contributed by atoms with E-state index in [2.05, 4.69) is 10.3 Å². The van der Waals surface area contributed by atoms with Crippen LogP contribution in [0.1, 0.15) is 0 Å². The van der Waals surface area contributed by atoms with Crippen molar-refractivity contribution in [3.8, 4) is 11.6 Å². The zero-order chi connectivity index (χ0) is 19.9. The zero-order valence-corrected chi connectivity index (χ0v) is 14.1. The van der Waals surface area contributed by atoms with Gasteiger partial charge in [0.1, 0.15) is 11.6 Å². The van der Waals surface area contributed by atoms with Crippen molar-refractivity contribution in [2.45, 2.75) is 5.54 Å². The van der Waals surface area contributed by atoms with Gasteiger partial charge in [0.2, 0.25) is 11.4 Å². The first-order chi connectivity index (χ1) is 13.4. The van der Waals surface area contributed by atoms with E-state index in [0.29, 0.717) is 5.75 Å². The lowest BCUT2D eigenvalue weighted by atomic mass is 9.94. The van der Waals surface area contributed by atoms with E-state index in [9.17, 15) is 23.6 Å². The zero-order valence-electron chi connectivity index (χ0n) is 14.1. The molecule has 3 N–H and O–H groups in total. The number of pyridine rings is 1. The minimum absolute atomic E-state index is 0.140. The van der Waals surface area contributed by atoms with E-state index in [-0.39, 0.29) is 18.1 Å². The molecule has 0 atom stereocenters. The van der Waals surface area contributed by atoms with E-state index >= 15 is 0 Å². The van der Waals surface area contributed by atoms with Crippen molar-refractivity contribution in [2.75, 3.05) is 11.4 Å². The quantitative estimate of drug-likeness (QED) is 0.665. The summed E-state index contributed by atoms with van der Waals surface area (Å²) in [6.07, 6.45) is 1.24. The van der Waals surface area contributed by atoms with Gasteiger partial charge in [-0.1, -0.05) is 0 Å². The van der Waals surface area contributed by atoms with Crippen LogP contribution in [-0.4, -0.2) is 40.9 Å². The monoisotopic (exact) mass is 385 g/mol. The first-order valence-electron chi connectivity index (χ1n) is 8.04. The van der Waals surface area contributed by atoms with Crippen molar-refractivity contribution in [1.29, 1.82) is 0 Å². The molecule has 4 rings (SSSR count). The number of nitrogens with zero attached hydrogens (tertiary/aromatic N) is 2. The van der Waals surface area contributed by atoms with Gasteiger partial charge in [-0.2, -0.15) is 0 Å². The van der Waals surface area contributed by atoms with Gasteiger partial charge >= 0.3 is 12.1 Å². The Kier molecular flexibility index (Phi) is 3.91. The molecule has 1 spiro atoms. The molecule has 0 aliphatic carbocycles. The van der Waals surface area contributed by atoms with Crippen molar-refractivity contribution >= 4 is 29.6 Å². The molecule has 6 amide bonds. The molecule has 2 aromatic rings. The van der Waals surface area contributed by atoms with Crippen molar-refractivity contribution in [3.05, 3.63) is 48.4 Å². The van der Waals surface area contributed by atoms with Crippen molar-refractivity contribution in [3.63, 3.8) is 0 Å².